The van der Waals surface area contributed by atoms with Crippen LogP contribution < -0.4 is 5.56 Å². The third-order valence-electron chi connectivity index (χ3n) is 5.94. The summed E-state index contributed by atoms with van der Waals surface area (Å²) >= 11 is 0. The number of aromatic nitrogens is 1. The van der Waals surface area contributed by atoms with E-state index in [0.717, 1.165) is 12.1 Å². The number of carbonyl (C=O) groups excluding carboxylic acids is 1. The molecular formula is C23H19N3O3. The average molecular weight is 385 g/mol. The monoisotopic (exact) mass is 385 g/mol. The number of nitriles is 1. The van der Waals surface area contributed by atoms with Crippen molar-refractivity contribution in [3.63, 3.8) is 0 Å². The topological polar surface area (TPSA) is 79.2 Å². The number of carbonyl (C=O) groups is 1. The van der Waals surface area contributed by atoms with E-state index in [1.165, 1.54) is 0 Å². The van der Waals surface area contributed by atoms with Crippen molar-refractivity contribution in [2.45, 2.75) is 18.9 Å². The van der Waals surface area contributed by atoms with Crippen LogP contribution in [0.3, 0.4) is 0 Å². The van der Waals surface area contributed by atoms with Crippen molar-refractivity contribution in [2.75, 3.05) is 13.1 Å². The van der Waals surface area contributed by atoms with Crippen LogP contribution in [0.5, 0.6) is 0 Å². The molecule has 0 spiro atoms. The number of hydrogen-bond donors (Lipinski definition) is 0. The number of piperidine rings is 1. The van der Waals surface area contributed by atoms with Gasteiger partial charge in [-0.25, -0.2) is 0 Å². The Balaban J connectivity index is 1.44. The van der Waals surface area contributed by atoms with Gasteiger partial charge in [-0.3, -0.25) is 9.59 Å². The van der Waals surface area contributed by atoms with Crippen molar-refractivity contribution in [3.05, 3.63) is 82.0 Å². The Bertz CT molecular complexity index is 1170. The van der Waals surface area contributed by atoms with Gasteiger partial charge in [0.25, 0.3) is 11.5 Å². The molecule has 2 aromatic heterocycles. The summed E-state index contributed by atoms with van der Waals surface area (Å²) in [6.45, 7) is 1.83. The van der Waals surface area contributed by atoms with Gasteiger partial charge in [0.2, 0.25) is 0 Å². The zero-order chi connectivity index (χ0) is 20.0. The summed E-state index contributed by atoms with van der Waals surface area (Å²) in [7, 11) is 0. The van der Waals surface area contributed by atoms with Crippen molar-refractivity contribution in [1.29, 1.82) is 5.26 Å². The Kier molecular flexibility index (Phi) is 4.09. The molecule has 6 nitrogen and oxygen atoms in total. The fourth-order valence-electron chi connectivity index (χ4n) is 4.60. The summed E-state index contributed by atoms with van der Waals surface area (Å²) in [4.78, 5) is 27.9. The lowest BCUT2D eigenvalue weighted by Crippen LogP contribution is -2.49. The van der Waals surface area contributed by atoms with Crippen molar-refractivity contribution in [1.82, 2.24) is 9.47 Å². The van der Waals surface area contributed by atoms with E-state index in [2.05, 4.69) is 6.07 Å². The normalized spacial score (nSPS) is 20.0. The maximum Gasteiger partial charge on any atom is 0.261 e. The fourth-order valence-corrected chi connectivity index (χ4v) is 4.60. The van der Waals surface area contributed by atoms with Gasteiger partial charge in [0.05, 0.1) is 23.5 Å². The lowest BCUT2D eigenvalue weighted by atomic mass is 9.82. The minimum absolute atomic E-state index is 0.0211. The molecule has 0 saturated carbocycles. The van der Waals surface area contributed by atoms with Crippen LogP contribution in [0.4, 0.5) is 0 Å². The molecular weight excluding hydrogens is 366 g/mol. The molecule has 0 radical (unpaired) electrons. The minimum atomic E-state index is -0.0287. The summed E-state index contributed by atoms with van der Waals surface area (Å²) in [6, 6.07) is 16.2. The van der Waals surface area contributed by atoms with Crippen molar-refractivity contribution in [3.8, 4) is 17.4 Å². The number of benzene rings is 1. The van der Waals surface area contributed by atoms with E-state index in [1.54, 1.807) is 42.7 Å². The zero-order valence-electron chi connectivity index (χ0n) is 15.7. The number of fused-ring (bicyclic) bond motifs is 4. The Morgan fingerprint density at radius 3 is 2.62 bits per heavy atom. The number of hydrogen-bond acceptors (Lipinski definition) is 4. The molecule has 29 heavy (non-hydrogen) atoms. The Hall–Kier alpha value is -3.59. The highest BCUT2D eigenvalue weighted by atomic mass is 16.3. The third-order valence-corrected chi connectivity index (χ3v) is 5.94. The second-order valence-electron chi connectivity index (χ2n) is 7.76. The predicted molar refractivity (Wildman–Crippen MR) is 106 cm³/mol. The maximum absolute atomic E-state index is 13.0. The van der Waals surface area contributed by atoms with Crippen molar-refractivity contribution in [2.24, 2.45) is 5.92 Å². The molecule has 3 aromatic rings. The van der Waals surface area contributed by atoms with E-state index in [-0.39, 0.29) is 23.3 Å². The zero-order valence-corrected chi connectivity index (χ0v) is 15.7. The van der Waals surface area contributed by atoms with Gasteiger partial charge in [-0.1, -0.05) is 0 Å². The van der Waals surface area contributed by atoms with Crippen LogP contribution in [0.1, 0.15) is 34.0 Å². The summed E-state index contributed by atoms with van der Waals surface area (Å²) in [5.41, 5.74) is 2.66. The first-order valence-corrected chi connectivity index (χ1v) is 9.71. The molecule has 0 N–H and O–H groups in total. The number of furan rings is 1. The molecule has 1 aromatic carbocycles. The van der Waals surface area contributed by atoms with E-state index >= 15 is 0 Å². The highest BCUT2D eigenvalue weighted by Gasteiger charge is 2.37. The molecule has 0 aliphatic carbocycles. The first-order chi connectivity index (χ1) is 14.1. The van der Waals surface area contributed by atoms with Gasteiger partial charge in [-0.05, 0) is 60.9 Å². The van der Waals surface area contributed by atoms with Crippen molar-refractivity contribution < 1.29 is 9.21 Å². The molecule has 2 aliphatic rings. The average Bonchev–Trinajstić information content (AvgIpc) is 3.28. The molecule has 2 atom stereocenters. The third kappa shape index (κ3) is 2.95. The summed E-state index contributed by atoms with van der Waals surface area (Å²) < 4.78 is 7.27. The molecule has 5 rings (SSSR count). The van der Waals surface area contributed by atoms with E-state index in [9.17, 15) is 9.59 Å². The van der Waals surface area contributed by atoms with Gasteiger partial charge in [0.1, 0.15) is 5.76 Å². The molecule has 1 saturated heterocycles. The summed E-state index contributed by atoms with van der Waals surface area (Å²) in [5, 5.41) is 8.94. The molecule has 1 amide bonds. The highest BCUT2D eigenvalue weighted by molar-refractivity contribution is 5.94. The van der Waals surface area contributed by atoms with E-state index < -0.39 is 0 Å². The lowest BCUT2D eigenvalue weighted by Gasteiger charge is -2.43. The van der Waals surface area contributed by atoms with Crippen LogP contribution in [0.15, 0.2) is 64.0 Å². The molecule has 144 valence electrons. The van der Waals surface area contributed by atoms with Crippen LogP contribution in [0, 0.1) is 17.2 Å². The van der Waals surface area contributed by atoms with Gasteiger partial charge in [0, 0.05) is 36.8 Å². The smallest absolute Gasteiger partial charge is 0.261 e. The Morgan fingerprint density at radius 1 is 1.07 bits per heavy atom. The number of rotatable bonds is 2. The molecule has 6 heteroatoms. The maximum atomic E-state index is 13.0. The van der Waals surface area contributed by atoms with Crippen LogP contribution >= 0.6 is 0 Å². The van der Waals surface area contributed by atoms with Crippen LogP contribution in [0.25, 0.3) is 11.3 Å². The minimum Gasteiger partial charge on any atom is -0.464 e. The number of pyridine rings is 1. The van der Waals surface area contributed by atoms with Crippen LogP contribution in [-0.2, 0) is 6.54 Å². The number of nitrogens with zero attached hydrogens (tertiary/aromatic N) is 3. The first-order valence-electron chi connectivity index (χ1n) is 9.71. The standard InChI is InChI=1S/C23H19N3O3/c24-11-15-3-5-17(6-4-15)22(27)25-12-16-10-18(14-25)20-8-7-19(21-2-1-9-29-21)23(28)26(20)13-16/h1-9,16,18H,10,12-14H2/t16-,18+/m0/s1. The summed E-state index contributed by atoms with van der Waals surface area (Å²) in [6.07, 6.45) is 2.55. The molecule has 1 fully saturated rings. The SMILES string of the molecule is N#Cc1ccc(C(=O)N2C[C@@H]3C[C@H](C2)c2ccc(-c4ccco4)c(=O)n2C3)cc1. The van der Waals surface area contributed by atoms with Crippen LogP contribution in [0.2, 0.25) is 0 Å². The van der Waals surface area contributed by atoms with Crippen LogP contribution in [-0.4, -0.2) is 28.5 Å². The van der Waals surface area contributed by atoms with Gasteiger partial charge in [0.15, 0.2) is 0 Å². The van der Waals surface area contributed by atoms with E-state index in [1.807, 2.05) is 21.6 Å². The van der Waals surface area contributed by atoms with Gasteiger partial charge < -0.3 is 13.9 Å². The van der Waals surface area contributed by atoms with Crippen molar-refractivity contribution >= 4 is 5.91 Å². The van der Waals surface area contributed by atoms with E-state index in [0.29, 0.717) is 42.1 Å². The van der Waals surface area contributed by atoms with E-state index in [4.69, 9.17) is 9.68 Å². The Morgan fingerprint density at radius 2 is 1.90 bits per heavy atom. The quantitative estimate of drug-likeness (QED) is 0.678. The van der Waals surface area contributed by atoms with Gasteiger partial charge in [-0.2, -0.15) is 5.26 Å². The molecule has 4 heterocycles. The number of likely N-dealkylation sites (tertiary alicyclic amines) is 1. The lowest BCUT2D eigenvalue weighted by molar-refractivity contribution is 0.0594. The molecule has 2 bridgehead atoms. The van der Waals surface area contributed by atoms with Gasteiger partial charge >= 0.3 is 0 Å². The first kappa shape index (κ1) is 17.5. The molecule has 0 unspecified atom stereocenters. The second-order valence-corrected chi connectivity index (χ2v) is 7.76. The summed E-state index contributed by atoms with van der Waals surface area (Å²) in [5.74, 6) is 0.946. The van der Waals surface area contributed by atoms with Gasteiger partial charge in [-0.15, -0.1) is 0 Å². The largest absolute Gasteiger partial charge is 0.464 e. The fraction of sp³-hybridized carbons (Fsp3) is 0.261. The Labute approximate surface area is 167 Å². The predicted octanol–water partition coefficient (Wildman–Crippen LogP) is 3.24. The highest BCUT2D eigenvalue weighted by Crippen LogP contribution is 2.36. The molecule has 2 aliphatic heterocycles. The second kappa shape index (κ2) is 6.78. The number of amides is 1.